The summed E-state index contributed by atoms with van der Waals surface area (Å²) < 4.78 is 16.9. The summed E-state index contributed by atoms with van der Waals surface area (Å²) in [5.74, 6) is -0.859. The van der Waals surface area contributed by atoms with Crippen LogP contribution in [0, 0.1) is 0 Å². The van der Waals surface area contributed by atoms with Crippen LogP contribution in [0.25, 0.3) is 0 Å². The molecular formula is C77H136O6. The van der Waals surface area contributed by atoms with Gasteiger partial charge in [-0.3, -0.25) is 14.4 Å². The molecule has 0 aliphatic rings. The van der Waals surface area contributed by atoms with Crippen LogP contribution in [0.4, 0.5) is 0 Å². The molecule has 6 nitrogen and oxygen atoms in total. The summed E-state index contributed by atoms with van der Waals surface area (Å²) in [6.45, 7) is 6.52. The lowest BCUT2D eigenvalue weighted by Gasteiger charge is -2.18. The number of hydrogen-bond donors (Lipinski definition) is 0. The summed E-state index contributed by atoms with van der Waals surface area (Å²) in [5.41, 5.74) is 0. The second kappa shape index (κ2) is 71.1. The number of esters is 3. The average molecular weight is 1160 g/mol. The monoisotopic (exact) mass is 1160 g/mol. The number of allylic oxidation sites excluding steroid dienone is 14. The normalized spacial score (nSPS) is 12.6. The van der Waals surface area contributed by atoms with E-state index in [4.69, 9.17) is 14.2 Å². The molecule has 1 unspecified atom stereocenters. The van der Waals surface area contributed by atoms with E-state index in [-0.39, 0.29) is 31.1 Å². The van der Waals surface area contributed by atoms with Crippen LogP contribution in [0.2, 0.25) is 0 Å². The molecule has 480 valence electrons. The molecule has 0 spiro atoms. The third-order valence-corrected chi connectivity index (χ3v) is 15.9. The largest absolute Gasteiger partial charge is 0.462 e. The fourth-order valence-electron chi connectivity index (χ4n) is 10.5. The Balaban J connectivity index is 4.04. The van der Waals surface area contributed by atoms with Crippen molar-refractivity contribution in [3.63, 3.8) is 0 Å². The second-order valence-corrected chi connectivity index (χ2v) is 24.1. The molecule has 83 heavy (non-hydrogen) atoms. The van der Waals surface area contributed by atoms with Crippen molar-refractivity contribution in [2.24, 2.45) is 0 Å². The van der Waals surface area contributed by atoms with Gasteiger partial charge >= 0.3 is 17.9 Å². The fourth-order valence-corrected chi connectivity index (χ4v) is 10.5. The van der Waals surface area contributed by atoms with Gasteiger partial charge in [-0.15, -0.1) is 0 Å². The Bertz CT molecular complexity index is 1570. The number of carbonyl (C=O) groups excluding carboxylic acids is 3. The molecule has 0 aromatic heterocycles. The Hall–Kier alpha value is -3.41. The van der Waals surface area contributed by atoms with E-state index < -0.39 is 6.10 Å². The van der Waals surface area contributed by atoms with E-state index in [1.807, 2.05) is 0 Å². The van der Waals surface area contributed by atoms with Crippen molar-refractivity contribution in [2.45, 2.75) is 374 Å². The highest BCUT2D eigenvalue weighted by atomic mass is 16.6. The van der Waals surface area contributed by atoms with Crippen LogP contribution in [-0.4, -0.2) is 37.2 Å². The molecule has 6 heteroatoms. The number of rotatable bonds is 66. The van der Waals surface area contributed by atoms with Crippen molar-refractivity contribution in [3.8, 4) is 0 Å². The van der Waals surface area contributed by atoms with E-state index in [1.165, 1.54) is 231 Å². The minimum absolute atomic E-state index is 0.0716. The van der Waals surface area contributed by atoms with E-state index >= 15 is 0 Å². The average Bonchev–Trinajstić information content (AvgIpc) is 3.50. The maximum absolute atomic E-state index is 12.9. The van der Waals surface area contributed by atoms with Gasteiger partial charge in [0.25, 0.3) is 0 Å². The lowest BCUT2D eigenvalue weighted by molar-refractivity contribution is -0.167. The highest BCUT2D eigenvalue weighted by molar-refractivity contribution is 5.71. The Labute approximate surface area is 515 Å². The van der Waals surface area contributed by atoms with Crippen LogP contribution in [0.15, 0.2) is 85.1 Å². The first-order valence-electron chi connectivity index (χ1n) is 36.1. The van der Waals surface area contributed by atoms with Gasteiger partial charge in [-0.05, 0) is 96.3 Å². The second-order valence-electron chi connectivity index (χ2n) is 24.1. The van der Waals surface area contributed by atoms with E-state index in [9.17, 15) is 14.4 Å². The van der Waals surface area contributed by atoms with Crippen LogP contribution < -0.4 is 0 Å². The SMILES string of the molecule is CC/C=C\C/C=C\C/C=C\C/C=C\C/C=C\CCCCCCCCCCCCCCCCCC(=O)OCC(COC(=O)CCCCCCCCC)OC(=O)CCCCCCCCCCCCCCCCC/C=C\C/C=C\CCCCCCC. The van der Waals surface area contributed by atoms with Crippen molar-refractivity contribution in [1.29, 1.82) is 0 Å². The van der Waals surface area contributed by atoms with Crippen LogP contribution in [0.5, 0.6) is 0 Å². The number of hydrogen-bond acceptors (Lipinski definition) is 6. The van der Waals surface area contributed by atoms with E-state index in [1.54, 1.807) is 0 Å². The minimum atomic E-state index is -0.773. The van der Waals surface area contributed by atoms with Gasteiger partial charge in [0.1, 0.15) is 13.2 Å². The molecule has 0 aliphatic carbocycles. The topological polar surface area (TPSA) is 78.9 Å². The van der Waals surface area contributed by atoms with Gasteiger partial charge in [0.05, 0.1) is 0 Å². The van der Waals surface area contributed by atoms with Crippen molar-refractivity contribution in [2.75, 3.05) is 13.2 Å². The summed E-state index contributed by atoms with van der Waals surface area (Å²) in [5, 5.41) is 0. The number of carbonyl (C=O) groups is 3. The molecule has 0 aromatic rings. The van der Waals surface area contributed by atoms with Gasteiger partial charge in [-0.25, -0.2) is 0 Å². The molecular weight excluding hydrogens is 1020 g/mol. The quantitative estimate of drug-likeness (QED) is 0.0261. The smallest absolute Gasteiger partial charge is 0.306 e. The summed E-state index contributed by atoms with van der Waals surface area (Å²) in [6.07, 6.45) is 95.1. The van der Waals surface area contributed by atoms with Gasteiger partial charge < -0.3 is 14.2 Å². The first kappa shape index (κ1) is 79.6. The summed E-state index contributed by atoms with van der Waals surface area (Å²) in [7, 11) is 0. The molecule has 0 bridgehead atoms. The first-order valence-corrected chi connectivity index (χ1v) is 36.1. The molecule has 0 fully saturated rings. The molecule has 0 saturated carbocycles. The number of ether oxygens (including phenoxy) is 3. The Kier molecular flexibility index (Phi) is 68.2. The van der Waals surface area contributed by atoms with Gasteiger partial charge in [-0.2, -0.15) is 0 Å². The fraction of sp³-hybridized carbons (Fsp3) is 0.779. The van der Waals surface area contributed by atoms with Crippen LogP contribution in [-0.2, 0) is 28.6 Å². The maximum Gasteiger partial charge on any atom is 0.306 e. The van der Waals surface area contributed by atoms with Crippen molar-refractivity contribution >= 4 is 17.9 Å². The molecule has 0 saturated heterocycles. The molecule has 1 atom stereocenters. The summed E-state index contributed by atoms with van der Waals surface area (Å²) >= 11 is 0. The third-order valence-electron chi connectivity index (χ3n) is 15.9. The Morgan fingerprint density at radius 3 is 0.735 bits per heavy atom. The van der Waals surface area contributed by atoms with Crippen LogP contribution in [0.1, 0.15) is 367 Å². The highest BCUT2D eigenvalue weighted by Crippen LogP contribution is 2.18. The molecule has 0 aromatic carbocycles. The zero-order valence-corrected chi connectivity index (χ0v) is 55.2. The molecule has 0 N–H and O–H groups in total. The van der Waals surface area contributed by atoms with E-state index in [2.05, 4.69) is 106 Å². The summed E-state index contributed by atoms with van der Waals surface area (Å²) in [4.78, 5) is 38.2. The minimum Gasteiger partial charge on any atom is -0.462 e. The Morgan fingerprint density at radius 1 is 0.253 bits per heavy atom. The lowest BCUT2D eigenvalue weighted by Crippen LogP contribution is -2.30. The molecule has 0 radical (unpaired) electrons. The maximum atomic E-state index is 12.9. The predicted octanol–water partition coefficient (Wildman–Crippen LogP) is 25.0. The van der Waals surface area contributed by atoms with Crippen molar-refractivity contribution < 1.29 is 28.6 Å². The van der Waals surface area contributed by atoms with Crippen LogP contribution >= 0.6 is 0 Å². The zero-order chi connectivity index (χ0) is 59.9. The highest BCUT2D eigenvalue weighted by Gasteiger charge is 2.19. The molecule has 0 amide bonds. The van der Waals surface area contributed by atoms with E-state index in [0.717, 1.165) is 96.3 Å². The summed E-state index contributed by atoms with van der Waals surface area (Å²) in [6, 6.07) is 0. The molecule has 0 aliphatic heterocycles. The number of unbranched alkanes of at least 4 members (excludes halogenated alkanes) is 41. The van der Waals surface area contributed by atoms with Crippen LogP contribution in [0.3, 0.4) is 0 Å². The van der Waals surface area contributed by atoms with Gasteiger partial charge in [0.15, 0.2) is 6.10 Å². The standard InChI is InChI=1S/C77H136O6/c1-4-7-10-13-16-18-20-22-24-26-28-30-32-34-36-37-38-39-41-42-44-46-48-50-52-54-56-58-61-64-67-70-76(79)82-73-74(72-81-75(78)69-66-63-60-15-12-9-6-3)83-77(80)71-68-65-62-59-57-55-53-51-49-47-45-43-40-35-33-31-29-27-25-23-21-19-17-14-11-8-5-2/h7,10,16,18,21-24,27-30,34,36,74H,4-6,8-9,11-15,17,19-20,25-26,31-33,35,37-73H2,1-3H3/b10-7-,18-16-,23-21-,24-22-,29-27-,30-28-,36-34-. The van der Waals surface area contributed by atoms with Crippen molar-refractivity contribution in [1.82, 2.24) is 0 Å². The van der Waals surface area contributed by atoms with Gasteiger partial charge in [0, 0.05) is 19.3 Å². The predicted molar refractivity (Wildman–Crippen MR) is 362 cm³/mol. The third kappa shape index (κ3) is 69.3. The van der Waals surface area contributed by atoms with Crippen molar-refractivity contribution in [3.05, 3.63) is 85.1 Å². The molecule has 0 rings (SSSR count). The van der Waals surface area contributed by atoms with E-state index in [0.29, 0.717) is 19.3 Å². The molecule has 0 heterocycles. The Morgan fingerprint density at radius 2 is 0.470 bits per heavy atom. The van der Waals surface area contributed by atoms with Gasteiger partial charge in [0.2, 0.25) is 0 Å². The first-order chi connectivity index (χ1) is 41.0. The lowest BCUT2D eigenvalue weighted by atomic mass is 10.0. The zero-order valence-electron chi connectivity index (χ0n) is 55.2. The van der Waals surface area contributed by atoms with Gasteiger partial charge in [-0.1, -0.05) is 337 Å².